The zero-order valence-electron chi connectivity index (χ0n) is 14.3. The van der Waals surface area contributed by atoms with Crippen LogP contribution in [0.1, 0.15) is 22.8 Å². The smallest absolute Gasteiger partial charge is 0.338 e. The van der Waals surface area contributed by atoms with Crippen LogP contribution in [0.4, 0.5) is 10.5 Å². The van der Waals surface area contributed by atoms with Crippen molar-refractivity contribution in [3.8, 4) is 0 Å². The molecule has 0 saturated heterocycles. The number of esters is 1. The zero-order valence-corrected chi connectivity index (χ0v) is 14.3. The highest BCUT2D eigenvalue weighted by Gasteiger charge is 2.20. The molecule has 7 heteroatoms. The summed E-state index contributed by atoms with van der Waals surface area (Å²) >= 11 is 0. The number of anilines is 1. The first-order valence-corrected chi connectivity index (χ1v) is 8.11. The van der Waals surface area contributed by atoms with Gasteiger partial charge in [0, 0.05) is 12.1 Å². The molecular formula is C19H20N2O5. The third kappa shape index (κ3) is 5.62. The number of ether oxygens (including phenoxy) is 1. The molecule has 2 aromatic rings. The molecule has 7 nitrogen and oxygen atoms in total. The normalized spacial score (nSPS) is 11.3. The van der Waals surface area contributed by atoms with Crippen LogP contribution in [0.15, 0.2) is 54.6 Å². The summed E-state index contributed by atoms with van der Waals surface area (Å²) in [5.74, 6) is -1.57. The Morgan fingerprint density at radius 2 is 1.69 bits per heavy atom. The van der Waals surface area contributed by atoms with Crippen molar-refractivity contribution in [1.82, 2.24) is 5.32 Å². The first-order valence-electron chi connectivity index (χ1n) is 8.11. The summed E-state index contributed by atoms with van der Waals surface area (Å²) in [5, 5.41) is 14.3. The maximum Gasteiger partial charge on any atom is 0.338 e. The van der Waals surface area contributed by atoms with Gasteiger partial charge in [0.1, 0.15) is 6.04 Å². The van der Waals surface area contributed by atoms with Gasteiger partial charge in [0.2, 0.25) is 0 Å². The monoisotopic (exact) mass is 356 g/mol. The summed E-state index contributed by atoms with van der Waals surface area (Å²) in [7, 11) is 0. The van der Waals surface area contributed by atoms with Gasteiger partial charge in [-0.05, 0) is 36.8 Å². The van der Waals surface area contributed by atoms with Crippen molar-refractivity contribution in [2.24, 2.45) is 0 Å². The van der Waals surface area contributed by atoms with Gasteiger partial charge in [0.25, 0.3) is 0 Å². The van der Waals surface area contributed by atoms with Gasteiger partial charge in [-0.3, -0.25) is 0 Å². The first kappa shape index (κ1) is 19.0. The molecule has 0 aliphatic carbocycles. The molecule has 0 radical (unpaired) electrons. The number of amides is 2. The fourth-order valence-electron chi connectivity index (χ4n) is 2.28. The third-order valence-electron chi connectivity index (χ3n) is 3.54. The average Bonchev–Trinajstić information content (AvgIpc) is 2.62. The Morgan fingerprint density at radius 3 is 2.27 bits per heavy atom. The first-order chi connectivity index (χ1) is 12.5. The second-order valence-electron chi connectivity index (χ2n) is 5.48. The van der Waals surface area contributed by atoms with Crippen LogP contribution in [0.2, 0.25) is 0 Å². The molecule has 0 aliphatic heterocycles. The number of benzene rings is 2. The van der Waals surface area contributed by atoms with Crippen molar-refractivity contribution in [1.29, 1.82) is 0 Å². The molecule has 0 aromatic heterocycles. The van der Waals surface area contributed by atoms with Crippen molar-refractivity contribution in [2.75, 3.05) is 11.9 Å². The summed E-state index contributed by atoms with van der Waals surface area (Å²) in [4.78, 5) is 35.0. The van der Waals surface area contributed by atoms with Crippen LogP contribution in [0.5, 0.6) is 0 Å². The van der Waals surface area contributed by atoms with E-state index in [0.717, 1.165) is 5.56 Å². The van der Waals surface area contributed by atoms with E-state index in [9.17, 15) is 19.5 Å². The lowest BCUT2D eigenvalue weighted by Gasteiger charge is -2.15. The number of urea groups is 1. The Bertz CT molecular complexity index is 759. The van der Waals surface area contributed by atoms with E-state index in [-0.39, 0.29) is 13.0 Å². The molecule has 0 aliphatic rings. The molecule has 0 heterocycles. The molecule has 0 bridgehead atoms. The molecule has 26 heavy (non-hydrogen) atoms. The number of carboxylic acid groups (broad SMARTS) is 1. The van der Waals surface area contributed by atoms with Crippen LogP contribution < -0.4 is 10.6 Å². The fourth-order valence-corrected chi connectivity index (χ4v) is 2.28. The highest BCUT2D eigenvalue weighted by molar-refractivity contribution is 5.94. The van der Waals surface area contributed by atoms with Crippen molar-refractivity contribution in [3.63, 3.8) is 0 Å². The van der Waals surface area contributed by atoms with Crippen LogP contribution in [0, 0.1) is 0 Å². The Hall–Kier alpha value is -3.35. The van der Waals surface area contributed by atoms with E-state index in [2.05, 4.69) is 10.6 Å². The van der Waals surface area contributed by atoms with Gasteiger partial charge in [-0.1, -0.05) is 30.3 Å². The predicted molar refractivity (Wildman–Crippen MR) is 96.1 cm³/mol. The molecule has 2 rings (SSSR count). The standard InChI is InChI=1S/C19H20N2O5/c1-2-26-18(24)14-8-10-15(11-9-14)20-19(25)21-16(17(22)23)12-13-6-4-3-5-7-13/h3-11,16H,2,12H2,1H3,(H,22,23)(H2,20,21,25)/t16-/m0/s1. The van der Waals surface area contributed by atoms with Crippen LogP contribution in [0.25, 0.3) is 0 Å². The second kappa shape index (κ2) is 9.22. The average molecular weight is 356 g/mol. The number of rotatable bonds is 7. The van der Waals surface area contributed by atoms with Crippen LogP contribution in [0.3, 0.4) is 0 Å². The lowest BCUT2D eigenvalue weighted by molar-refractivity contribution is -0.139. The largest absolute Gasteiger partial charge is 0.480 e. The Morgan fingerprint density at radius 1 is 1.04 bits per heavy atom. The number of aliphatic carboxylic acids is 1. The molecular weight excluding hydrogens is 336 g/mol. The maximum absolute atomic E-state index is 12.1. The summed E-state index contributed by atoms with van der Waals surface area (Å²) in [6, 6.07) is 13.5. The van der Waals surface area contributed by atoms with E-state index < -0.39 is 24.0 Å². The lowest BCUT2D eigenvalue weighted by atomic mass is 10.1. The minimum atomic E-state index is -1.12. The molecule has 2 aromatic carbocycles. The topological polar surface area (TPSA) is 105 Å². The van der Waals surface area contributed by atoms with Crippen molar-refractivity contribution < 1.29 is 24.2 Å². The number of carboxylic acids is 1. The number of carbonyl (C=O) groups excluding carboxylic acids is 2. The van der Waals surface area contributed by atoms with E-state index in [4.69, 9.17) is 4.74 Å². The molecule has 0 spiro atoms. The Kier molecular flexibility index (Phi) is 6.73. The van der Waals surface area contributed by atoms with E-state index in [0.29, 0.717) is 11.3 Å². The summed E-state index contributed by atoms with van der Waals surface area (Å²) in [6.45, 7) is 1.99. The molecule has 0 fully saturated rings. The zero-order chi connectivity index (χ0) is 18.9. The van der Waals surface area contributed by atoms with Crippen LogP contribution in [-0.4, -0.2) is 35.7 Å². The van der Waals surface area contributed by atoms with Crippen LogP contribution >= 0.6 is 0 Å². The maximum atomic E-state index is 12.1. The number of hydrogen-bond acceptors (Lipinski definition) is 4. The number of carbonyl (C=O) groups is 3. The molecule has 136 valence electrons. The van der Waals surface area contributed by atoms with E-state index in [1.54, 1.807) is 43.3 Å². The lowest BCUT2D eigenvalue weighted by Crippen LogP contribution is -2.44. The summed E-state index contributed by atoms with van der Waals surface area (Å²) in [5.41, 5.74) is 1.60. The van der Waals surface area contributed by atoms with E-state index >= 15 is 0 Å². The van der Waals surface area contributed by atoms with Gasteiger partial charge < -0.3 is 20.5 Å². The Labute approximate surface area is 151 Å². The van der Waals surface area contributed by atoms with Crippen LogP contribution in [-0.2, 0) is 16.0 Å². The van der Waals surface area contributed by atoms with Crippen molar-refractivity contribution in [3.05, 3.63) is 65.7 Å². The highest BCUT2D eigenvalue weighted by atomic mass is 16.5. The van der Waals surface area contributed by atoms with E-state index in [1.807, 2.05) is 6.07 Å². The van der Waals surface area contributed by atoms with Gasteiger partial charge >= 0.3 is 18.0 Å². The number of nitrogens with one attached hydrogen (secondary N) is 2. The molecule has 1 atom stereocenters. The summed E-state index contributed by atoms with van der Waals surface area (Å²) < 4.78 is 4.88. The third-order valence-corrected chi connectivity index (χ3v) is 3.54. The molecule has 0 saturated carbocycles. The molecule has 3 N–H and O–H groups in total. The predicted octanol–water partition coefficient (Wildman–Crippen LogP) is 2.68. The van der Waals surface area contributed by atoms with Gasteiger partial charge in [0.15, 0.2) is 0 Å². The minimum Gasteiger partial charge on any atom is -0.480 e. The second-order valence-corrected chi connectivity index (χ2v) is 5.48. The van der Waals surface area contributed by atoms with Crippen molar-refractivity contribution >= 4 is 23.7 Å². The molecule has 2 amide bonds. The van der Waals surface area contributed by atoms with Gasteiger partial charge in [0.05, 0.1) is 12.2 Å². The fraction of sp³-hybridized carbons (Fsp3) is 0.211. The highest BCUT2D eigenvalue weighted by Crippen LogP contribution is 2.11. The molecule has 0 unspecified atom stereocenters. The van der Waals surface area contributed by atoms with Gasteiger partial charge in [-0.25, -0.2) is 14.4 Å². The van der Waals surface area contributed by atoms with Gasteiger partial charge in [-0.15, -0.1) is 0 Å². The van der Waals surface area contributed by atoms with Gasteiger partial charge in [-0.2, -0.15) is 0 Å². The van der Waals surface area contributed by atoms with E-state index in [1.165, 1.54) is 12.1 Å². The summed E-state index contributed by atoms with van der Waals surface area (Å²) in [6.07, 6.45) is 0.172. The quantitative estimate of drug-likeness (QED) is 0.662. The minimum absolute atomic E-state index is 0.172. The number of hydrogen-bond donors (Lipinski definition) is 3. The van der Waals surface area contributed by atoms with Crippen molar-refractivity contribution in [2.45, 2.75) is 19.4 Å². The SMILES string of the molecule is CCOC(=O)c1ccc(NC(=O)N[C@@H](Cc2ccccc2)C(=O)O)cc1. The Balaban J connectivity index is 1.95.